The van der Waals surface area contributed by atoms with E-state index in [0.717, 1.165) is 0 Å². The van der Waals surface area contributed by atoms with Gasteiger partial charge in [-0.05, 0) is 24.6 Å². The number of fused-ring (bicyclic) bond motifs is 1. The van der Waals surface area contributed by atoms with Gasteiger partial charge < -0.3 is 14.2 Å². The molecule has 1 amide bonds. The van der Waals surface area contributed by atoms with Crippen molar-refractivity contribution in [1.82, 2.24) is 10.3 Å². The lowest BCUT2D eigenvalue weighted by molar-refractivity contribution is -0.139. The van der Waals surface area contributed by atoms with Crippen LogP contribution in [0.3, 0.4) is 0 Å². The van der Waals surface area contributed by atoms with E-state index in [9.17, 15) is 14.4 Å². The number of carbonyl (C=O) groups is 3. The molecule has 0 radical (unpaired) electrons. The van der Waals surface area contributed by atoms with Crippen molar-refractivity contribution in [2.75, 3.05) is 6.61 Å². The van der Waals surface area contributed by atoms with Gasteiger partial charge in [0.2, 0.25) is 11.8 Å². The Hall–Kier alpha value is -3.68. The molecule has 0 saturated heterocycles. The Morgan fingerprint density at radius 2 is 2.00 bits per heavy atom. The van der Waals surface area contributed by atoms with Crippen LogP contribution >= 0.6 is 0 Å². The molecule has 3 rings (SSSR count). The zero-order valence-electron chi connectivity index (χ0n) is 16.2. The van der Waals surface area contributed by atoms with E-state index >= 15 is 0 Å². The molecule has 29 heavy (non-hydrogen) atoms. The summed E-state index contributed by atoms with van der Waals surface area (Å²) >= 11 is 0. The molecule has 0 fully saturated rings. The van der Waals surface area contributed by atoms with E-state index in [0.29, 0.717) is 16.9 Å². The predicted molar refractivity (Wildman–Crippen MR) is 102 cm³/mol. The van der Waals surface area contributed by atoms with Gasteiger partial charge in [0, 0.05) is 37.9 Å². The normalized spacial score (nSPS) is 15.1. The van der Waals surface area contributed by atoms with E-state index in [4.69, 9.17) is 14.2 Å². The lowest BCUT2D eigenvalue weighted by Gasteiger charge is -2.29. The van der Waals surface area contributed by atoms with Gasteiger partial charge in [-0.3, -0.25) is 19.9 Å². The highest BCUT2D eigenvalue weighted by molar-refractivity contribution is 5.93. The van der Waals surface area contributed by atoms with Gasteiger partial charge >= 0.3 is 11.9 Å². The van der Waals surface area contributed by atoms with Crippen molar-refractivity contribution >= 4 is 17.8 Å². The molecule has 0 bridgehead atoms. The highest BCUT2D eigenvalue weighted by Crippen LogP contribution is 2.44. The first kappa shape index (κ1) is 20.1. The van der Waals surface area contributed by atoms with Gasteiger partial charge in [-0.25, -0.2) is 4.79 Å². The molecule has 0 spiro atoms. The molecular weight excluding hydrogens is 376 g/mol. The molecule has 1 atom stereocenters. The molecule has 1 aliphatic heterocycles. The summed E-state index contributed by atoms with van der Waals surface area (Å²) in [4.78, 5) is 40.0. The van der Waals surface area contributed by atoms with Gasteiger partial charge in [0.15, 0.2) is 0 Å². The van der Waals surface area contributed by atoms with Crippen LogP contribution in [0.15, 0.2) is 54.2 Å². The number of hydrogen-bond donors (Lipinski definition) is 1. The average molecular weight is 396 g/mol. The number of esters is 2. The number of rotatable bonds is 5. The fourth-order valence-corrected chi connectivity index (χ4v) is 3.09. The Morgan fingerprint density at radius 1 is 1.21 bits per heavy atom. The van der Waals surface area contributed by atoms with Gasteiger partial charge in [0.1, 0.15) is 17.1 Å². The van der Waals surface area contributed by atoms with Crippen LogP contribution in [-0.4, -0.2) is 29.4 Å². The Bertz CT molecular complexity index is 984. The maximum atomic E-state index is 12.8. The number of aromatic nitrogens is 1. The van der Waals surface area contributed by atoms with Gasteiger partial charge in [0.25, 0.3) is 0 Å². The van der Waals surface area contributed by atoms with E-state index in [-0.39, 0.29) is 23.8 Å². The van der Waals surface area contributed by atoms with E-state index in [2.05, 4.69) is 10.3 Å². The molecule has 8 nitrogen and oxygen atoms in total. The molecular formula is C21H20N2O6. The van der Waals surface area contributed by atoms with E-state index in [1.165, 1.54) is 19.9 Å². The lowest BCUT2D eigenvalue weighted by Crippen LogP contribution is -2.33. The third kappa shape index (κ3) is 4.43. The Balaban J connectivity index is 2.20. The number of amides is 1. The van der Waals surface area contributed by atoms with E-state index in [1.54, 1.807) is 37.5 Å². The summed E-state index contributed by atoms with van der Waals surface area (Å²) in [6.45, 7) is 4.45. The molecule has 1 N–H and O–H groups in total. The second kappa shape index (κ2) is 8.55. The van der Waals surface area contributed by atoms with Crippen LogP contribution in [0.4, 0.5) is 0 Å². The first-order valence-electron chi connectivity index (χ1n) is 8.99. The highest BCUT2D eigenvalue weighted by Gasteiger charge is 2.37. The zero-order chi connectivity index (χ0) is 21.0. The minimum absolute atomic E-state index is 0.0303. The van der Waals surface area contributed by atoms with Crippen LogP contribution in [0.1, 0.15) is 37.8 Å². The molecule has 2 aromatic rings. The van der Waals surface area contributed by atoms with Gasteiger partial charge in [-0.1, -0.05) is 12.1 Å². The second-order valence-corrected chi connectivity index (χ2v) is 6.26. The fraction of sp³-hybridized carbons (Fsp3) is 0.238. The molecule has 0 saturated carbocycles. The number of carbonyl (C=O) groups excluding carboxylic acids is 3. The quantitative estimate of drug-likeness (QED) is 0.611. The number of nitrogens with one attached hydrogen (secondary N) is 1. The fourth-order valence-electron chi connectivity index (χ4n) is 3.09. The summed E-state index contributed by atoms with van der Waals surface area (Å²) in [7, 11) is 0. The maximum absolute atomic E-state index is 12.8. The van der Waals surface area contributed by atoms with Crippen molar-refractivity contribution in [3.8, 4) is 11.5 Å². The molecule has 150 valence electrons. The predicted octanol–water partition coefficient (Wildman–Crippen LogP) is 2.44. The smallest absolute Gasteiger partial charge is 0.340 e. The third-order valence-electron chi connectivity index (χ3n) is 4.11. The van der Waals surface area contributed by atoms with Crippen LogP contribution in [-0.2, 0) is 19.1 Å². The second-order valence-electron chi connectivity index (χ2n) is 6.26. The summed E-state index contributed by atoms with van der Waals surface area (Å²) in [5.74, 6) is -1.50. The molecule has 1 aromatic heterocycles. The molecule has 2 heterocycles. The molecule has 0 aliphatic carbocycles. The maximum Gasteiger partial charge on any atom is 0.340 e. The first-order valence-corrected chi connectivity index (χ1v) is 8.99. The van der Waals surface area contributed by atoms with E-state index < -0.39 is 23.8 Å². The number of ether oxygens (including phenoxy) is 3. The van der Waals surface area contributed by atoms with Crippen LogP contribution in [0.5, 0.6) is 11.5 Å². The Morgan fingerprint density at radius 3 is 2.62 bits per heavy atom. The Labute approximate surface area is 167 Å². The van der Waals surface area contributed by atoms with E-state index in [1.807, 2.05) is 6.07 Å². The number of pyridine rings is 1. The third-order valence-corrected chi connectivity index (χ3v) is 4.11. The molecule has 1 aliphatic rings. The SMILES string of the molecule is CCOC(=O)C1=C(NC(C)=O)Oc2cc(OC(C)=O)ccc2C1c1cccnc1. The van der Waals surface area contributed by atoms with Gasteiger partial charge in [-0.2, -0.15) is 0 Å². The minimum Gasteiger partial charge on any atom is -0.462 e. The first-order chi connectivity index (χ1) is 13.9. The minimum atomic E-state index is -0.611. The molecule has 1 unspecified atom stereocenters. The van der Waals surface area contributed by atoms with Crippen molar-refractivity contribution in [2.45, 2.75) is 26.7 Å². The standard InChI is InChI=1S/C21H20N2O6/c1-4-27-21(26)19-18(14-6-5-9-22-11-14)16-8-7-15(28-13(3)25)10-17(16)29-20(19)23-12(2)24/h5-11,18H,4H2,1-3H3,(H,23,24). The van der Waals surface area contributed by atoms with Crippen LogP contribution in [0.25, 0.3) is 0 Å². The van der Waals surface area contributed by atoms with Crippen LogP contribution in [0, 0.1) is 0 Å². The highest BCUT2D eigenvalue weighted by atomic mass is 16.5. The number of nitrogens with zero attached hydrogens (tertiary/aromatic N) is 1. The van der Waals surface area contributed by atoms with Crippen molar-refractivity contribution < 1.29 is 28.6 Å². The number of benzene rings is 1. The largest absolute Gasteiger partial charge is 0.462 e. The van der Waals surface area contributed by atoms with Crippen molar-refractivity contribution in [1.29, 1.82) is 0 Å². The number of hydrogen-bond acceptors (Lipinski definition) is 7. The molecule has 1 aromatic carbocycles. The van der Waals surface area contributed by atoms with Crippen LogP contribution in [0.2, 0.25) is 0 Å². The van der Waals surface area contributed by atoms with Crippen molar-refractivity contribution in [2.24, 2.45) is 0 Å². The monoisotopic (exact) mass is 396 g/mol. The summed E-state index contributed by atoms with van der Waals surface area (Å²) in [6, 6.07) is 8.41. The summed E-state index contributed by atoms with van der Waals surface area (Å²) in [6.07, 6.45) is 3.25. The van der Waals surface area contributed by atoms with Crippen molar-refractivity contribution in [3.63, 3.8) is 0 Å². The van der Waals surface area contributed by atoms with Crippen LogP contribution < -0.4 is 14.8 Å². The summed E-state index contributed by atoms with van der Waals surface area (Å²) < 4.78 is 16.2. The molecule has 8 heteroatoms. The summed E-state index contributed by atoms with van der Waals surface area (Å²) in [5.41, 5.74) is 1.51. The lowest BCUT2D eigenvalue weighted by atomic mass is 9.83. The Kier molecular flexibility index (Phi) is 5.92. The average Bonchev–Trinajstić information content (AvgIpc) is 2.66. The topological polar surface area (TPSA) is 104 Å². The van der Waals surface area contributed by atoms with Crippen molar-refractivity contribution in [3.05, 3.63) is 65.3 Å². The zero-order valence-corrected chi connectivity index (χ0v) is 16.2. The summed E-state index contributed by atoms with van der Waals surface area (Å²) in [5, 5.41) is 2.56. The van der Waals surface area contributed by atoms with Gasteiger partial charge in [-0.15, -0.1) is 0 Å². The van der Waals surface area contributed by atoms with Gasteiger partial charge in [0.05, 0.1) is 12.5 Å².